The highest BCUT2D eigenvalue weighted by atomic mass is 19.1. The molecule has 0 unspecified atom stereocenters. The molecule has 4 rings (SSSR count). The number of aryl methyl sites for hydroxylation is 2. The lowest BCUT2D eigenvalue weighted by Crippen LogP contribution is -1.99. The first kappa shape index (κ1) is 17.9. The van der Waals surface area contributed by atoms with Gasteiger partial charge in [0.2, 0.25) is 0 Å². The normalized spacial score (nSPS) is 10.8. The highest BCUT2D eigenvalue weighted by Gasteiger charge is 2.09. The molecule has 0 aliphatic heterocycles. The van der Waals surface area contributed by atoms with Gasteiger partial charge in [-0.1, -0.05) is 6.07 Å². The Morgan fingerprint density at radius 1 is 0.964 bits per heavy atom. The summed E-state index contributed by atoms with van der Waals surface area (Å²) in [7, 11) is 0. The van der Waals surface area contributed by atoms with E-state index in [0.717, 1.165) is 39.4 Å². The fraction of sp³-hybridized carbons (Fsp3) is 0.130. The Morgan fingerprint density at radius 3 is 2.46 bits per heavy atom. The minimum absolute atomic E-state index is 0.261. The van der Waals surface area contributed by atoms with Gasteiger partial charge in [0.25, 0.3) is 0 Å². The van der Waals surface area contributed by atoms with E-state index in [-0.39, 0.29) is 5.82 Å². The summed E-state index contributed by atoms with van der Waals surface area (Å²) < 4.78 is 19.0. The molecule has 4 nitrogen and oxygen atoms in total. The number of halogens is 1. The molecule has 28 heavy (non-hydrogen) atoms. The summed E-state index contributed by atoms with van der Waals surface area (Å²) in [5.41, 5.74) is 5.71. The highest BCUT2D eigenvalue weighted by Crippen LogP contribution is 2.27. The van der Waals surface area contributed by atoms with Crippen LogP contribution in [0.25, 0.3) is 22.6 Å². The summed E-state index contributed by atoms with van der Waals surface area (Å²) >= 11 is 0. The van der Waals surface area contributed by atoms with Crippen LogP contribution in [0.5, 0.6) is 5.75 Å². The molecule has 0 fully saturated rings. The topological polar surface area (TPSA) is 50.8 Å². The maximum Gasteiger partial charge on any atom is 0.138 e. The fourth-order valence-electron chi connectivity index (χ4n) is 2.93. The van der Waals surface area contributed by atoms with Gasteiger partial charge in [-0.05, 0) is 73.5 Å². The van der Waals surface area contributed by atoms with Crippen LogP contribution in [0, 0.1) is 19.7 Å². The first-order valence-electron chi connectivity index (χ1n) is 9.05. The third-order valence-electron chi connectivity index (χ3n) is 4.51. The number of hydrogen-bond acceptors (Lipinski definition) is 3. The van der Waals surface area contributed by atoms with Crippen molar-refractivity contribution in [2.45, 2.75) is 20.5 Å². The van der Waals surface area contributed by atoms with Gasteiger partial charge in [-0.3, -0.25) is 4.98 Å². The van der Waals surface area contributed by atoms with Gasteiger partial charge in [-0.25, -0.2) is 9.37 Å². The maximum atomic E-state index is 13.1. The molecule has 0 saturated heterocycles. The molecule has 0 atom stereocenters. The molecule has 2 aromatic carbocycles. The van der Waals surface area contributed by atoms with Crippen LogP contribution in [-0.4, -0.2) is 15.0 Å². The molecule has 0 aliphatic carbocycles. The molecule has 5 heteroatoms. The number of rotatable bonds is 5. The second-order valence-electron chi connectivity index (χ2n) is 6.74. The Hall–Kier alpha value is -3.47. The quantitative estimate of drug-likeness (QED) is 0.504. The van der Waals surface area contributed by atoms with E-state index in [0.29, 0.717) is 12.4 Å². The van der Waals surface area contributed by atoms with E-state index < -0.39 is 0 Å². The van der Waals surface area contributed by atoms with E-state index in [1.165, 1.54) is 12.1 Å². The zero-order valence-electron chi connectivity index (χ0n) is 15.7. The number of ether oxygens (including phenoxy) is 1. The van der Waals surface area contributed by atoms with Crippen LogP contribution in [0.15, 0.2) is 67.0 Å². The summed E-state index contributed by atoms with van der Waals surface area (Å²) in [4.78, 5) is 12.1. The Bertz CT molecular complexity index is 1090. The van der Waals surface area contributed by atoms with Crippen LogP contribution < -0.4 is 4.74 Å². The number of pyridine rings is 1. The Balaban J connectivity index is 1.50. The van der Waals surface area contributed by atoms with E-state index >= 15 is 0 Å². The van der Waals surface area contributed by atoms with Crippen molar-refractivity contribution in [3.05, 3.63) is 89.6 Å². The summed E-state index contributed by atoms with van der Waals surface area (Å²) in [6.45, 7) is 4.45. The summed E-state index contributed by atoms with van der Waals surface area (Å²) in [6.07, 6.45) is 3.69. The molecule has 0 saturated carbocycles. The van der Waals surface area contributed by atoms with Crippen molar-refractivity contribution in [1.82, 2.24) is 15.0 Å². The largest absolute Gasteiger partial charge is 0.487 e. The first-order valence-corrected chi connectivity index (χ1v) is 9.05. The van der Waals surface area contributed by atoms with Gasteiger partial charge in [0.05, 0.1) is 11.4 Å². The van der Waals surface area contributed by atoms with Gasteiger partial charge in [-0.15, -0.1) is 0 Å². The molecule has 0 bridgehead atoms. The fourth-order valence-corrected chi connectivity index (χ4v) is 2.93. The summed E-state index contributed by atoms with van der Waals surface area (Å²) in [6, 6.07) is 16.2. The highest BCUT2D eigenvalue weighted by molar-refractivity contribution is 5.66. The van der Waals surface area contributed by atoms with E-state index in [2.05, 4.69) is 15.0 Å². The maximum absolute atomic E-state index is 13.1. The van der Waals surface area contributed by atoms with E-state index in [1.54, 1.807) is 12.1 Å². The van der Waals surface area contributed by atoms with Crippen LogP contribution in [0.4, 0.5) is 4.39 Å². The van der Waals surface area contributed by atoms with Crippen LogP contribution in [0.1, 0.15) is 16.8 Å². The van der Waals surface area contributed by atoms with Gasteiger partial charge in [0.15, 0.2) is 0 Å². The van der Waals surface area contributed by atoms with Gasteiger partial charge < -0.3 is 9.72 Å². The minimum Gasteiger partial charge on any atom is -0.487 e. The van der Waals surface area contributed by atoms with Crippen molar-refractivity contribution in [1.29, 1.82) is 0 Å². The van der Waals surface area contributed by atoms with Crippen molar-refractivity contribution < 1.29 is 9.13 Å². The van der Waals surface area contributed by atoms with Gasteiger partial charge in [-0.2, -0.15) is 0 Å². The monoisotopic (exact) mass is 373 g/mol. The average Bonchev–Trinajstić information content (AvgIpc) is 3.19. The van der Waals surface area contributed by atoms with Gasteiger partial charge >= 0.3 is 0 Å². The number of aromatic nitrogens is 3. The Morgan fingerprint density at radius 2 is 1.75 bits per heavy atom. The number of nitrogens with zero attached hydrogens (tertiary/aromatic N) is 2. The van der Waals surface area contributed by atoms with Gasteiger partial charge in [0, 0.05) is 23.5 Å². The predicted molar refractivity (Wildman–Crippen MR) is 107 cm³/mol. The lowest BCUT2D eigenvalue weighted by Gasteiger charge is -2.10. The SMILES string of the molecule is Cc1ccc(COc2ccc(-c3c[nH]c(-c4ccc(F)cc4)n3)cc2C)nc1. The smallest absolute Gasteiger partial charge is 0.138 e. The zero-order chi connectivity index (χ0) is 19.5. The molecule has 4 aromatic rings. The third kappa shape index (κ3) is 3.93. The van der Waals surface area contributed by atoms with Crippen molar-refractivity contribution in [3.63, 3.8) is 0 Å². The number of H-pyrrole nitrogens is 1. The average molecular weight is 373 g/mol. The van der Waals surface area contributed by atoms with Crippen LogP contribution in [-0.2, 0) is 6.61 Å². The van der Waals surface area contributed by atoms with E-state index in [1.807, 2.05) is 56.6 Å². The molecular formula is C23H20FN3O. The third-order valence-corrected chi connectivity index (χ3v) is 4.51. The van der Waals surface area contributed by atoms with Crippen molar-refractivity contribution in [2.75, 3.05) is 0 Å². The number of imidazole rings is 1. The molecule has 2 aromatic heterocycles. The molecule has 140 valence electrons. The molecule has 1 N–H and O–H groups in total. The van der Waals surface area contributed by atoms with Crippen molar-refractivity contribution >= 4 is 0 Å². The summed E-state index contributed by atoms with van der Waals surface area (Å²) in [5, 5.41) is 0. The molecule has 0 radical (unpaired) electrons. The van der Waals surface area contributed by atoms with Crippen LogP contribution >= 0.6 is 0 Å². The standard InChI is InChI=1S/C23H20FN3O/c1-15-3-9-20(25-12-15)14-28-22-10-6-18(11-16(22)2)21-13-26-23(27-21)17-4-7-19(24)8-5-17/h3-13H,14H2,1-2H3,(H,26,27). The van der Waals surface area contributed by atoms with Crippen LogP contribution in [0.3, 0.4) is 0 Å². The molecule has 0 spiro atoms. The second kappa shape index (κ2) is 7.64. The number of aromatic amines is 1. The predicted octanol–water partition coefficient (Wildman–Crippen LogP) is 5.47. The number of hydrogen-bond donors (Lipinski definition) is 1. The van der Waals surface area contributed by atoms with Gasteiger partial charge in [0.1, 0.15) is 24.0 Å². The lowest BCUT2D eigenvalue weighted by molar-refractivity contribution is 0.299. The molecule has 0 aliphatic rings. The summed E-state index contributed by atoms with van der Waals surface area (Å²) in [5.74, 6) is 1.27. The second-order valence-corrected chi connectivity index (χ2v) is 6.74. The van der Waals surface area contributed by atoms with Crippen molar-refractivity contribution in [2.24, 2.45) is 0 Å². The number of nitrogens with one attached hydrogen (secondary N) is 1. The van der Waals surface area contributed by atoms with E-state index in [9.17, 15) is 4.39 Å². The Labute approximate surface area is 163 Å². The van der Waals surface area contributed by atoms with Crippen LogP contribution in [0.2, 0.25) is 0 Å². The molecule has 2 heterocycles. The van der Waals surface area contributed by atoms with E-state index in [4.69, 9.17) is 4.74 Å². The molecule has 0 amide bonds. The van der Waals surface area contributed by atoms with Crippen molar-refractivity contribution in [3.8, 4) is 28.4 Å². The first-order chi connectivity index (χ1) is 13.6. The minimum atomic E-state index is -0.261. The lowest BCUT2D eigenvalue weighted by atomic mass is 10.1. The Kier molecular flexibility index (Phi) is 4.89. The zero-order valence-corrected chi connectivity index (χ0v) is 15.7. The molecular weight excluding hydrogens is 353 g/mol. The number of benzene rings is 2.